The zero-order valence-electron chi connectivity index (χ0n) is 11.2. The second kappa shape index (κ2) is 7.29. The van der Waals surface area contributed by atoms with Crippen LogP contribution in [-0.2, 0) is 13.0 Å². The molecule has 0 radical (unpaired) electrons. The van der Waals surface area contributed by atoms with E-state index in [4.69, 9.17) is 0 Å². The zero-order valence-corrected chi connectivity index (χ0v) is 12.8. The summed E-state index contributed by atoms with van der Waals surface area (Å²) >= 11 is 3.38. The fraction of sp³-hybridized carbons (Fsp3) is 0.312. The van der Waals surface area contributed by atoms with Crippen LogP contribution in [-0.4, -0.2) is 4.98 Å². The number of aromatic nitrogens is 1. The minimum atomic E-state index is 0.744. The molecule has 0 aliphatic carbocycles. The topological polar surface area (TPSA) is 24.9 Å². The van der Waals surface area contributed by atoms with E-state index in [2.05, 4.69) is 57.4 Å². The highest BCUT2D eigenvalue weighted by Crippen LogP contribution is 2.13. The smallest absolute Gasteiger partial charge is 0.106 e. The van der Waals surface area contributed by atoms with Crippen LogP contribution in [0.15, 0.2) is 47.1 Å². The average molecular weight is 319 g/mol. The summed E-state index contributed by atoms with van der Waals surface area (Å²) in [5, 5.41) is 3.39. The lowest BCUT2D eigenvalue weighted by atomic mass is 10.1. The molecule has 0 bridgehead atoms. The minimum Gasteiger partial charge on any atom is -0.379 e. The van der Waals surface area contributed by atoms with E-state index in [0.717, 1.165) is 22.5 Å². The molecule has 2 aromatic rings. The van der Waals surface area contributed by atoms with E-state index in [0.29, 0.717) is 0 Å². The van der Waals surface area contributed by atoms with Crippen LogP contribution in [0.1, 0.15) is 31.0 Å². The number of benzene rings is 1. The maximum Gasteiger partial charge on any atom is 0.106 e. The molecule has 0 fully saturated rings. The van der Waals surface area contributed by atoms with Gasteiger partial charge in [-0.15, -0.1) is 0 Å². The molecule has 0 atom stereocenters. The van der Waals surface area contributed by atoms with E-state index >= 15 is 0 Å². The Morgan fingerprint density at radius 1 is 1.11 bits per heavy atom. The van der Waals surface area contributed by atoms with Crippen molar-refractivity contribution in [1.29, 1.82) is 0 Å². The van der Waals surface area contributed by atoms with Gasteiger partial charge in [0.15, 0.2) is 0 Å². The van der Waals surface area contributed by atoms with Gasteiger partial charge in [-0.25, -0.2) is 4.98 Å². The second-order valence-electron chi connectivity index (χ2n) is 4.61. The van der Waals surface area contributed by atoms with Crippen molar-refractivity contribution in [2.24, 2.45) is 0 Å². The largest absolute Gasteiger partial charge is 0.379 e. The molecular weight excluding hydrogens is 300 g/mol. The van der Waals surface area contributed by atoms with E-state index in [1.807, 2.05) is 18.2 Å². The number of aryl methyl sites for hydroxylation is 1. The molecule has 0 spiro atoms. The SMILES string of the molecule is CCCCc1ccc(NCc2cccc(Br)n2)cc1. The molecule has 1 aromatic carbocycles. The first kappa shape index (κ1) is 14.1. The molecule has 100 valence electrons. The van der Waals surface area contributed by atoms with Crippen LogP contribution >= 0.6 is 15.9 Å². The van der Waals surface area contributed by atoms with E-state index < -0.39 is 0 Å². The Balaban J connectivity index is 1.89. The van der Waals surface area contributed by atoms with E-state index in [1.54, 1.807) is 0 Å². The summed E-state index contributed by atoms with van der Waals surface area (Å²) in [5.41, 5.74) is 3.58. The fourth-order valence-corrected chi connectivity index (χ4v) is 2.29. The van der Waals surface area contributed by atoms with Crippen molar-refractivity contribution in [2.45, 2.75) is 32.7 Å². The Morgan fingerprint density at radius 3 is 2.58 bits per heavy atom. The molecule has 1 aromatic heterocycles. The quantitative estimate of drug-likeness (QED) is 0.774. The van der Waals surface area contributed by atoms with Gasteiger partial charge in [0, 0.05) is 5.69 Å². The van der Waals surface area contributed by atoms with Gasteiger partial charge in [0.25, 0.3) is 0 Å². The average Bonchev–Trinajstić information content (AvgIpc) is 2.44. The number of hydrogen-bond donors (Lipinski definition) is 1. The van der Waals surface area contributed by atoms with Crippen molar-refractivity contribution in [3.8, 4) is 0 Å². The normalized spacial score (nSPS) is 10.4. The van der Waals surface area contributed by atoms with E-state index in [9.17, 15) is 0 Å². The van der Waals surface area contributed by atoms with E-state index in [1.165, 1.54) is 24.8 Å². The summed E-state index contributed by atoms with van der Waals surface area (Å²) in [6, 6.07) is 14.6. The van der Waals surface area contributed by atoms with Crippen molar-refractivity contribution >= 4 is 21.6 Å². The predicted molar refractivity (Wildman–Crippen MR) is 84.3 cm³/mol. The lowest BCUT2D eigenvalue weighted by molar-refractivity contribution is 0.795. The third kappa shape index (κ3) is 4.67. The molecular formula is C16H19BrN2. The number of nitrogens with one attached hydrogen (secondary N) is 1. The molecule has 0 aliphatic heterocycles. The summed E-state index contributed by atoms with van der Waals surface area (Å²) in [7, 11) is 0. The monoisotopic (exact) mass is 318 g/mol. The van der Waals surface area contributed by atoms with Gasteiger partial charge >= 0.3 is 0 Å². The van der Waals surface area contributed by atoms with Gasteiger partial charge in [-0.05, 0) is 58.6 Å². The molecule has 0 amide bonds. The molecule has 0 saturated carbocycles. The van der Waals surface area contributed by atoms with Gasteiger partial charge in [0.2, 0.25) is 0 Å². The number of anilines is 1. The standard InChI is InChI=1S/C16H19BrN2/c1-2-3-5-13-8-10-14(11-9-13)18-12-15-6-4-7-16(17)19-15/h4,6-11,18H,2-3,5,12H2,1H3. The van der Waals surface area contributed by atoms with Crippen molar-refractivity contribution in [2.75, 3.05) is 5.32 Å². The molecule has 0 saturated heterocycles. The van der Waals surface area contributed by atoms with Crippen molar-refractivity contribution in [1.82, 2.24) is 4.98 Å². The number of hydrogen-bond acceptors (Lipinski definition) is 2. The molecule has 1 N–H and O–H groups in total. The highest BCUT2D eigenvalue weighted by molar-refractivity contribution is 9.10. The number of rotatable bonds is 6. The van der Waals surface area contributed by atoms with Crippen molar-refractivity contribution < 1.29 is 0 Å². The zero-order chi connectivity index (χ0) is 13.5. The highest BCUT2D eigenvalue weighted by atomic mass is 79.9. The van der Waals surface area contributed by atoms with Crippen LogP contribution in [0, 0.1) is 0 Å². The Kier molecular flexibility index (Phi) is 5.40. The molecule has 2 nitrogen and oxygen atoms in total. The first-order valence-corrected chi connectivity index (χ1v) is 7.51. The summed E-state index contributed by atoms with van der Waals surface area (Å²) in [6.07, 6.45) is 3.67. The van der Waals surface area contributed by atoms with Crippen molar-refractivity contribution in [3.63, 3.8) is 0 Å². The number of nitrogens with zero attached hydrogens (tertiary/aromatic N) is 1. The Bertz CT molecular complexity index is 508. The fourth-order valence-electron chi connectivity index (χ4n) is 1.91. The Labute approximate surface area is 123 Å². The van der Waals surface area contributed by atoms with Crippen molar-refractivity contribution in [3.05, 3.63) is 58.3 Å². The molecule has 0 aliphatic rings. The number of halogens is 1. The lowest BCUT2D eigenvalue weighted by Gasteiger charge is -2.07. The molecule has 2 rings (SSSR count). The van der Waals surface area contributed by atoms with Crippen LogP contribution in [0.2, 0.25) is 0 Å². The minimum absolute atomic E-state index is 0.744. The van der Waals surface area contributed by atoms with Crippen LogP contribution in [0.4, 0.5) is 5.69 Å². The van der Waals surface area contributed by atoms with E-state index in [-0.39, 0.29) is 0 Å². The molecule has 0 unspecified atom stereocenters. The first-order chi connectivity index (χ1) is 9.28. The van der Waals surface area contributed by atoms with Crippen LogP contribution in [0.5, 0.6) is 0 Å². The highest BCUT2D eigenvalue weighted by Gasteiger charge is 1.97. The number of pyridine rings is 1. The molecule has 19 heavy (non-hydrogen) atoms. The maximum absolute atomic E-state index is 4.40. The van der Waals surface area contributed by atoms with Gasteiger partial charge in [0.1, 0.15) is 4.60 Å². The predicted octanol–water partition coefficient (Wildman–Crippen LogP) is 4.80. The first-order valence-electron chi connectivity index (χ1n) is 6.72. The summed E-state index contributed by atoms with van der Waals surface area (Å²) in [4.78, 5) is 4.40. The summed E-state index contributed by atoms with van der Waals surface area (Å²) < 4.78 is 0.877. The second-order valence-corrected chi connectivity index (χ2v) is 5.42. The molecule has 1 heterocycles. The van der Waals surface area contributed by atoms with Gasteiger partial charge in [-0.3, -0.25) is 0 Å². The third-order valence-corrected chi connectivity index (χ3v) is 3.46. The summed E-state index contributed by atoms with van der Waals surface area (Å²) in [5.74, 6) is 0. The lowest BCUT2D eigenvalue weighted by Crippen LogP contribution is -2.01. The van der Waals surface area contributed by atoms with Gasteiger partial charge in [-0.1, -0.05) is 31.5 Å². The third-order valence-electron chi connectivity index (χ3n) is 3.02. The van der Waals surface area contributed by atoms with Crippen LogP contribution < -0.4 is 5.32 Å². The molecule has 3 heteroatoms. The Hall–Kier alpha value is -1.35. The van der Waals surface area contributed by atoms with Gasteiger partial charge < -0.3 is 5.32 Å². The summed E-state index contributed by atoms with van der Waals surface area (Å²) in [6.45, 7) is 2.97. The number of unbranched alkanes of at least 4 members (excludes halogenated alkanes) is 1. The van der Waals surface area contributed by atoms with Gasteiger partial charge in [-0.2, -0.15) is 0 Å². The maximum atomic E-state index is 4.40. The van der Waals surface area contributed by atoms with Gasteiger partial charge in [0.05, 0.1) is 12.2 Å². The Morgan fingerprint density at radius 2 is 1.89 bits per heavy atom. The van der Waals surface area contributed by atoms with Crippen LogP contribution in [0.3, 0.4) is 0 Å². The van der Waals surface area contributed by atoms with Crippen LogP contribution in [0.25, 0.3) is 0 Å².